The number of fused-ring (bicyclic) bond motifs is 1. The smallest absolute Gasteiger partial charge is 0.231 e. The zero-order valence-electron chi connectivity index (χ0n) is 14.0. The number of benzene rings is 2. The number of amides is 1. The first-order valence-electron chi connectivity index (χ1n) is 8.60. The lowest BCUT2D eigenvalue weighted by Crippen LogP contribution is -2.46. The third-order valence-electron chi connectivity index (χ3n) is 4.59. The number of carbonyl (C=O) groups is 1. The molecule has 130 valence electrons. The summed E-state index contributed by atoms with van der Waals surface area (Å²) >= 11 is 0. The first-order chi connectivity index (χ1) is 12.3. The summed E-state index contributed by atoms with van der Waals surface area (Å²) in [5.74, 6) is 1.58. The highest BCUT2D eigenvalue weighted by Gasteiger charge is 2.25. The molecule has 2 aromatic carbocycles. The minimum Gasteiger partial charge on any atom is -0.454 e. The average molecular weight is 339 g/mol. The highest BCUT2D eigenvalue weighted by atomic mass is 16.7. The number of ether oxygens (including phenoxy) is 3. The second-order valence-corrected chi connectivity index (χ2v) is 6.39. The molecule has 2 aliphatic heterocycles. The van der Waals surface area contributed by atoms with Crippen LogP contribution in [0.3, 0.4) is 0 Å². The van der Waals surface area contributed by atoms with Crippen molar-refractivity contribution in [2.24, 2.45) is 0 Å². The fourth-order valence-electron chi connectivity index (χ4n) is 3.28. The Morgan fingerprint density at radius 2 is 1.88 bits per heavy atom. The first kappa shape index (κ1) is 16.0. The number of carbonyl (C=O) groups excluding carboxylic acids is 1. The molecule has 0 spiro atoms. The fraction of sp³-hybridized carbons (Fsp3) is 0.350. The zero-order chi connectivity index (χ0) is 17.1. The molecular formula is C20H21NO4. The van der Waals surface area contributed by atoms with Crippen molar-refractivity contribution in [2.45, 2.75) is 18.9 Å². The van der Waals surface area contributed by atoms with Crippen molar-refractivity contribution in [1.29, 1.82) is 0 Å². The molecule has 1 saturated heterocycles. The van der Waals surface area contributed by atoms with Gasteiger partial charge in [0.05, 0.1) is 19.1 Å². The number of morpholine rings is 1. The molecule has 5 heteroatoms. The van der Waals surface area contributed by atoms with E-state index >= 15 is 0 Å². The van der Waals surface area contributed by atoms with Crippen molar-refractivity contribution in [1.82, 2.24) is 4.90 Å². The summed E-state index contributed by atoms with van der Waals surface area (Å²) in [5.41, 5.74) is 2.18. The summed E-state index contributed by atoms with van der Waals surface area (Å²) in [5, 5.41) is 0. The van der Waals surface area contributed by atoms with Gasteiger partial charge in [0.1, 0.15) is 0 Å². The highest BCUT2D eigenvalue weighted by Crippen LogP contribution is 2.32. The van der Waals surface area contributed by atoms with Crippen LogP contribution in [0, 0.1) is 0 Å². The van der Waals surface area contributed by atoms with Crippen LogP contribution in [0.2, 0.25) is 0 Å². The van der Waals surface area contributed by atoms with Crippen LogP contribution in [-0.4, -0.2) is 43.4 Å². The molecule has 25 heavy (non-hydrogen) atoms. The van der Waals surface area contributed by atoms with Gasteiger partial charge in [0.25, 0.3) is 0 Å². The van der Waals surface area contributed by atoms with Gasteiger partial charge >= 0.3 is 0 Å². The molecule has 0 radical (unpaired) electrons. The normalized spacial score (nSPS) is 19.0. The van der Waals surface area contributed by atoms with E-state index in [9.17, 15) is 4.79 Å². The minimum atomic E-state index is 0.0526. The number of hydrogen-bond donors (Lipinski definition) is 0. The predicted molar refractivity (Wildman–Crippen MR) is 92.7 cm³/mol. The van der Waals surface area contributed by atoms with E-state index in [0.717, 1.165) is 17.7 Å². The van der Waals surface area contributed by atoms with Gasteiger partial charge in [-0.05, 0) is 23.3 Å². The van der Waals surface area contributed by atoms with E-state index in [4.69, 9.17) is 14.2 Å². The van der Waals surface area contributed by atoms with Crippen molar-refractivity contribution in [3.05, 3.63) is 59.7 Å². The van der Waals surface area contributed by atoms with Gasteiger partial charge < -0.3 is 19.1 Å². The topological polar surface area (TPSA) is 48.0 Å². The van der Waals surface area contributed by atoms with Crippen molar-refractivity contribution in [2.75, 3.05) is 26.5 Å². The molecule has 0 aliphatic carbocycles. The molecule has 2 aromatic rings. The van der Waals surface area contributed by atoms with Gasteiger partial charge in [-0.15, -0.1) is 0 Å². The quantitative estimate of drug-likeness (QED) is 0.858. The summed E-state index contributed by atoms with van der Waals surface area (Å²) in [4.78, 5) is 14.6. The van der Waals surface area contributed by atoms with E-state index in [1.54, 1.807) is 0 Å². The lowest BCUT2D eigenvalue weighted by molar-refractivity contribution is -0.138. The Kier molecular flexibility index (Phi) is 4.57. The Labute approximate surface area is 147 Å². The molecule has 4 rings (SSSR count). The SMILES string of the molecule is O=C(Cc1ccc2c(c1)OCO2)N1CCOC(Cc2ccccc2)C1. The van der Waals surface area contributed by atoms with Gasteiger partial charge in [-0.1, -0.05) is 36.4 Å². The van der Waals surface area contributed by atoms with Crippen LogP contribution in [0.5, 0.6) is 11.5 Å². The summed E-state index contributed by atoms with van der Waals surface area (Å²) < 4.78 is 16.5. The Morgan fingerprint density at radius 1 is 1.04 bits per heavy atom. The summed E-state index contributed by atoms with van der Waals surface area (Å²) in [7, 11) is 0. The van der Waals surface area contributed by atoms with E-state index in [0.29, 0.717) is 31.9 Å². The van der Waals surface area contributed by atoms with E-state index in [1.165, 1.54) is 5.56 Å². The van der Waals surface area contributed by atoms with E-state index in [-0.39, 0.29) is 18.8 Å². The molecule has 0 saturated carbocycles. The average Bonchev–Trinajstić information content (AvgIpc) is 3.10. The molecule has 1 unspecified atom stereocenters. The zero-order valence-corrected chi connectivity index (χ0v) is 14.0. The van der Waals surface area contributed by atoms with Crippen LogP contribution < -0.4 is 9.47 Å². The van der Waals surface area contributed by atoms with Crippen molar-refractivity contribution < 1.29 is 19.0 Å². The van der Waals surface area contributed by atoms with Gasteiger partial charge in [-0.3, -0.25) is 4.79 Å². The highest BCUT2D eigenvalue weighted by molar-refractivity contribution is 5.79. The Bertz CT molecular complexity index is 747. The third kappa shape index (κ3) is 3.77. The Morgan fingerprint density at radius 3 is 2.76 bits per heavy atom. The van der Waals surface area contributed by atoms with Crippen LogP contribution >= 0.6 is 0 Å². The second kappa shape index (κ2) is 7.15. The first-order valence-corrected chi connectivity index (χ1v) is 8.60. The van der Waals surface area contributed by atoms with Crippen LogP contribution in [0.4, 0.5) is 0 Å². The molecule has 0 aromatic heterocycles. The summed E-state index contributed by atoms with van der Waals surface area (Å²) in [6, 6.07) is 15.9. The standard InChI is InChI=1S/C20H21NO4/c22-20(12-16-6-7-18-19(11-16)25-14-24-18)21-8-9-23-17(13-21)10-15-4-2-1-3-5-15/h1-7,11,17H,8-10,12-14H2. The Balaban J connectivity index is 1.36. The molecule has 0 bridgehead atoms. The number of hydrogen-bond acceptors (Lipinski definition) is 4. The minimum absolute atomic E-state index is 0.0526. The lowest BCUT2D eigenvalue weighted by atomic mass is 10.1. The van der Waals surface area contributed by atoms with Gasteiger partial charge in [-0.25, -0.2) is 0 Å². The second-order valence-electron chi connectivity index (χ2n) is 6.39. The lowest BCUT2D eigenvalue weighted by Gasteiger charge is -2.33. The summed E-state index contributed by atoms with van der Waals surface area (Å²) in [6.45, 7) is 2.12. The molecule has 2 heterocycles. The third-order valence-corrected chi connectivity index (χ3v) is 4.59. The number of rotatable bonds is 4. The molecular weight excluding hydrogens is 318 g/mol. The fourth-order valence-corrected chi connectivity index (χ4v) is 3.28. The summed E-state index contributed by atoms with van der Waals surface area (Å²) in [6.07, 6.45) is 1.25. The predicted octanol–water partition coefficient (Wildman–Crippen LogP) is 2.43. The monoisotopic (exact) mass is 339 g/mol. The van der Waals surface area contributed by atoms with Crippen molar-refractivity contribution >= 4 is 5.91 Å². The van der Waals surface area contributed by atoms with E-state index < -0.39 is 0 Å². The van der Waals surface area contributed by atoms with E-state index in [2.05, 4.69) is 12.1 Å². The van der Waals surface area contributed by atoms with Crippen LogP contribution in [0.25, 0.3) is 0 Å². The van der Waals surface area contributed by atoms with Crippen molar-refractivity contribution in [3.63, 3.8) is 0 Å². The molecule has 1 amide bonds. The molecule has 0 N–H and O–H groups in total. The van der Waals surface area contributed by atoms with Gasteiger partial charge in [0, 0.05) is 19.5 Å². The molecule has 1 fully saturated rings. The van der Waals surface area contributed by atoms with Crippen LogP contribution in [0.15, 0.2) is 48.5 Å². The maximum absolute atomic E-state index is 12.7. The molecule has 1 atom stereocenters. The van der Waals surface area contributed by atoms with Crippen LogP contribution in [0.1, 0.15) is 11.1 Å². The Hall–Kier alpha value is -2.53. The van der Waals surface area contributed by atoms with Crippen LogP contribution in [-0.2, 0) is 22.4 Å². The van der Waals surface area contributed by atoms with Gasteiger partial charge in [-0.2, -0.15) is 0 Å². The van der Waals surface area contributed by atoms with E-state index in [1.807, 2.05) is 41.3 Å². The molecule has 2 aliphatic rings. The maximum atomic E-state index is 12.7. The largest absolute Gasteiger partial charge is 0.454 e. The maximum Gasteiger partial charge on any atom is 0.231 e. The number of nitrogens with zero attached hydrogens (tertiary/aromatic N) is 1. The van der Waals surface area contributed by atoms with Crippen molar-refractivity contribution in [3.8, 4) is 11.5 Å². The van der Waals surface area contributed by atoms with Gasteiger partial charge in [0.2, 0.25) is 12.7 Å². The van der Waals surface area contributed by atoms with Gasteiger partial charge in [0.15, 0.2) is 11.5 Å². The molecule has 5 nitrogen and oxygen atoms in total.